The van der Waals surface area contributed by atoms with E-state index in [0.29, 0.717) is 6.61 Å². The molecule has 0 spiro atoms. The lowest BCUT2D eigenvalue weighted by Crippen LogP contribution is -2.39. The number of ether oxygens (including phenoxy) is 3. The SMILES string of the molecule is CCOC1C(CCP(=O)(O)OC)OC(n2ccc(=O)[nH]c2=O)C1OC. The topological polar surface area (TPSA) is 129 Å². The van der Waals surface area contributed by atoms with Gasteiger partial charge in [0.2, 0.25) is 0 Å². The maximum absolute atomic E-state index is 12.0. The molecular weight excluding hydrogens is 355 g/mol. The molecule has 1 aliphatic rings. The number of nitrogens with zero attached hydrogens (tertiary/aromatic N) is 1. The van der Waals surface area contributed by atoms with Crippen molar-refractivity contribution in [1.82, 2.24) is 9.55 Å². The van der Waals surface area contributed by atoms with Crippen molar-refractivity contribution < 1.29 is 28.2 Å². The summed E-state index contributed by atoms with van der Waals surface area (Å²) < 4.78 is 34.5. The molecule has 1 aromatic rings. The van der Waals surface area contributed by atoms with E-state index in [9.17, 15) is 19.0 Å². The van der Waals surface area contributed by atoms with Crippen LogP contribution < -0.4 is 11.2 Å². The summed E-state index contributed by atoms with van der Waals surface area (Å²) in [4.78, 5) is 35.0. The second kappa shape index (κ2) is 8.39. The highest BCUT2D eigenvalue weighted by molar-refractivity contribution is 7.52. The fourth-order valence-electron chi connectivity index (χ4n) is 2.82. The van der Waals surface area contributed by atoms with Gasteiger partial charge in [-0.25, -0.2) is 4.79 Å². The van der Waals surface area contributed by atoms with E-state index < -0.39 is 43.4 Å². The number of hydrogen-bond donors (Lipinski definition) is 2. The summed E-state index contributed by atoms with van der Waals surface area (Å²) in [6.07, 6.45) is -1.22. The highest BCUT2D eigenvalue weighted by Gasteiger charge is 2.47. The van der Waals surface area contributed by atoms with Gasteiger partial charge in [-0.3, -0.25) is 18.9 Å². The largest absolute Gasteiger partial charge is 0.374 e. The fourth-order valence-corrected chi connectivity index (χ4v) is 3.58. The zero-order valence-electron chi connectivity index (χ0n) is 14.3. The zero-order chi connectivity index (χ0) is 18.6. The van der Waals surface area contributed by atoms with Crippen LogP contribution in [0, 0.1) is 0 Å². The van der Waals surface area contributed by atoms with Crippen molar-refractivity contribution in [3.8, 4) is 0 Å². The molecule has 1 saturated heterocycles. The van der Waals surface area contributed by atoms with Gasteiger partial charge in [0, 0.05) is 33.1 Å². The molecule has 1 fully saturated rings. The van der Waals surface area contributed by atoms with Crippen molar-refractivity contribution in [3.63, 3.8) is 0 Å². The van der Waals surface area contributed by atoms with Crippen molar-refractivity contribution in [3.05, 3.63) is 33.1 Å². The van der Waals surface area contributed by atoms with Gasteiger partial charge < -0.3 is 23.6 Å². The van der Waals surface area contributed by atoms with E-state index in [1.165, 1.54) is 23.9 Å². The van der Waals surface area contributed by atoms with E-state index in [1.54, 1.807) is 6.92 Å². The van der Waals surface area contributed by atoms with Crippen LogP contribution in [0.1, 0.15) is 19.6 Å². The molecule has 0 bridgehead atoms. The minimum Gasteiger partial charge on any atom is -0.374 e. The normalized spacial score (nSPS) is 28.8. The lowest BCUT2D eigenvalue weighted by Gasteiger charge is -2.23. The van der Waals surface area contributed by atoms with Gasteiger partial charge in [-0.15, -0.1) is 0 Å². The Labute approximate surface area is 144 Å². The van der Waals surface area contributed by atoms with E-state index >= 15 is 0 Å². The lowest BCUT2D eigenvalue weighted by molar-refractivity contribution is -0.0596. The molecule has 1 aliphatic heterocycles. The second-order valence-corrected chi connectivity index (χ2v) is 7.62. The number of hydrogen-bond acceptors (Lipinski definition) is 7. The Morgan fingerprint density at radius 3 is 2.64 bits per heavy atom. The highest BCUT2D eigenvalue weighted by atomic mass is 31.2. The van der Waals surface area contributed by atoms with Crippen LogP contribution in [0.15, 0.2) is 21.9 Å². The molecule has 0 aromatic carbocycles. The standard InChI is InChI=1S/C14H23N2O8P/c1-4-23-11-9(6-8-25(19,20)22-3)24-13(12(11)21-2)16-7-5-10(17)15-14(16)18/h5,7,9,11-13H,4,6,8H2,1-3H3,(H,19,20)(H,15,17,18). The van der Waals surface area contributed by atoms with Gasteiger partial charge in [-0.05, 0) is 13.3 Å². The first-order valence-corrected chi connectivity index (χ1v) is 9.58. The second-order valence-electron chi connectivity index (χ2n) is 5.54. The Bertz CT molecular complexity index is 732. The van der Waals surface area contributed by atoms with Crippen LogP contribution in [-0.4, -0.2) is 59.7 Å². The zero-order valence-corrected chi connectivity index (χ0v) is 15.2. The van der Waals surface area contributed by atoms with Crippen molar-refractivity contribution >= 4 is 7.60 Å². The van der Waals surface area contributed by atoms with Crippen LogP contribution >= 0.6 is 7.60 Å². The maximum Gasteiger partial charge on any atom is 0.330 e. The van der Waals surface area contributed by atoms with Gasteiger partial charge in [0.25, 0.3) is 5.56 Å². The summed E-state index contributed by atoms with van der Waals surface area (Å²) >= 11 is 0. The number of methoxy groups -OCH3 is 1. The van der Waals surface area contributed by atoms with Crippen LogP contribution in [0.5, 0.6) is 0 Å². The average molecular weight is 378 g/mol. The number of aromatic amines is 1. The molecule has 2 heterocycles. The minimum absolute atomic E-state index is 0.124. The van der Waals surface area contributed by atoms with Crippen molar-refractivity contribution in [2.75, 3.05) is 27.0 Å². The average Bonchev–Trinajstić information content (AvgIpc) is 2.91. The van der Waals surface area contributed by atoms with Crippen molar-refractivity contribution in [1.29, 1.82) is 0 Å². The third-order valence-electron chi connectivity index (χ3n) is 4.02. The minimum atomic E-state index is -3.70. The van der Waals surface area contributed by atoms with Crippen LogP contribution in [0.2, 0.25) is 0 Å². The van der Waals surface area contributed by atoms with Gasteiger partial charge in [0.15, 0.2) is 6.23 Å². The number of nitrogens with one attached hydrogen (secondary N) is 1. The van der Waals surface area contributed by atoms with Gasteiger partial charge >= 0.3 is 13.3 Å². The first-order chi connectivity index (χ1) is 11.8. The van der Waals surface area contributed by atoms with E-state index in [-0.39, 0.29) is 12.6 Å². The van der Waals surface area contributed by atoms with Crippen LogP contribution in [-0.2, 0) is 23.3 Å². The predicted octanol–water partition coefficient (Wildman–Crippen LogP) is 0.0760. The molecular formula is C14H23N2O8P. The molecule has 0 amide bonds. The molecule has 0 radical (unpaired) electrons. The highest BCUT2D eigenvalue weighted by Crippen LogP contribution is 2.43. The van der Waals surface area contributed by atoms with E-state index in [1.807, 2.05) is 0 Å². The Hall–Kier alpha value is -1.29. The van der Waals surface area contributed by atoms with Crippen molar-refractivity contribution in [2.45, 2.75) is 37.9 Å². The third-order valence-corrected chi connectivity index (χ3v) is 5.42. The van der Waals surface area contributed by atoms with Crippen molar-refractivity contribution in [2.24, 2.45) is 0 Å². The molecule has 11 heteroatoms. The fraction of sp³-hybridized carbons (Fsp3) is 0.714. The molecule has 0 saturated carbocycles. The Kier molecular flexibility index (Phi) is 6.72. The summed E-state index contributed by atoms with van der Waals surface area (Å²) in [5.74, 6) is 0. The smallest absolute Gasteiger partial charge is 0.330 e. The molecule has 2 rings (SSSR count). The maximum atomic E-state index is 12.0. The first kappa shape index (κ1) is 20.0. The monoisotopic (exact) mass is 378 g/mol. The summed E-state index contributed by atoms with van der Waals surface area (Å²) in [7, 11) is -1.08. The van der Waals surface area contributed by atoms with E-state index in [0.717, 1.165) is 7.11 Å². The van der Waals surface area contributed by atoms with E-state index in [2.05, 4.69) is 9.51 Å². The molecule has 0 aliphatic carbocycles. The van der Waals surface area contributed by atoms with Gasteiger partial charge in [0.1, 0.15) is 12.2 Å². The van der Waals surface area contributed by atoms with Gasteiger partial charge in [-0.1, -0.05) is 0 Å². The molecule has 5 unspecified atom stereocenters. The van der Waals surface area contributed by atoms with Crippen LogP contribution in [0.25, 0.3) is 0 Å². The molecule has 2 N–H and O–H groups in total. The molecule has 1 aromatic heterocycles. The molecule has 5 atom stereocenters. The number of rotatable bonds is 8. The summed E-state index contributed by atoms with van der Waals surface area (Å²) in [6.45, 7) is 2.17. The number of aromatic nitrogens is 2. The van der Waals surface area contributed by atoms with Gasteiger partial charge in [-0.2, -0.15) is 0 Å². The molecule has 142 valence electrons. The predicted molar refractivity (Wildman–Crippen MR) is 87.8 cm³/mol. The van der Waals surface area contributed by atoms with E-state index in [4.69, 9.17) is 14.2 Å². The summed E-state index contributed by atoms with van der Waals surface area (Å²) in [5.41, 5.74) is -1.16. The molecule has 10 nitrogen and oxygen atoms in total. The summed E-state index contributed by atoms with van der Waals surface area (Å²) in [5, 5.41) is 0. The number of H-pyrrole nitrogens is 1. The Morgan fingerprint density at radius 1 is 1.36 bits per heavy atom. The summed E-state index contributed by atoms with van der Waals surface area (Å²) in [6, 6.07) is 1.20. The molecule has 25 heavy (non-hydrogen) atoms. The first-order valence-electron chi connectivity index (χ1n) is 7.81. The van der Waals surface area contributed by atoms with Gasteiger partial charge in [0.05, 0.1) is 12.3 Å². The quantitative estimate of drug-likeness (QED) is 0.608. The lowest BCUT2D eigenvalue weighted by atomic mass is 10.1. The Balaban J connectivity index is 2.28. The Morgan fingerprint density at radius 2 is 2.08 bits per heavy atom. The third kappa shape index (κ3) is 4.66. The van der Waals surface area contributed by atoms with Crippen LogP contribution in [0.3, 0.4) is 0 Å². The van der Waals surface area contributed by atoms with Crippen LogP contribution in [0.4, 0.5) is 0 Å².